The van der Waals surface area contributed by atoms with E-state index in [0.29, 0.717) is 13.2 Å². The van der Waals surface area contributed by atoms with E-state index in [9.17, 15) is 0 Å². The van der Waals surface area contributed by atoms with Gasteiger partial charge in [-0.05, 0) is 13.8 Å². The minimum absolute atomic E-state index is 0.137. The van der Waals surface area contributed by atoms with E-state index in [-0.39, 0.29) is 5.88 Å². The lowest BCUT2D eigenvalue weighted by Gasteiger charge is -2.27. The van der Waals surface area contributed by atoms with Crippen molar-refractivity contribution in [2.75, 3.05) is 19.1 Å². The SMILES string of the molecule is CCOC(CCl)OC(OCC)C(Cl)(Cl)Cl. The van der Waals surface area contributed by atoms with Crippen LogP contribution in [0.3, 0.4) is 0 Å². The van der Waals surface area contributed by atoms with Crippen molar-refractivity contribution in [3.63, 3.8) is 0 Å². The van der Waals surface area contributed by atoms with Crippen molar-refractivity contribution in [1.29, 1.82) is 0 Å². The lowest BCUT2D eigenvalue weighted by atomic mass is 10.6. The molecule has 0 aromatic carbocycles. The Morgan fingerprint density at radius 3 is 1.93 bits per heavy atom. The molecule has 0 radical (unpaired) electrons. The van der Waals surface area contributed by atoms with Gasteiger partial charge in [-0.2, -0.15) is 0 Å². The normalized spacial score (nSPS) is 16.4. The van der Waals surface area contributed by atoms with Gasteiger partial charge < -0.3 is 14.2 Å². The number of hydrogen-bond donors (Lipinski definition) is 0. The lowest BCUT2D eigenvalue weighted by molar-refractivity contribution is -0.232. The average molecular weight is 300 g/mol. The lowest BCUT2D eigenvalue weighted by Crippen LogP contribution is -2.37. The van der Waals surface area contributed by atoms with Crippen molar-refractivity contribution in [3.05, 3.63) is 0 Å². The number of hydrogen-bond acceptors (Lipinski definition) is 3. The maximum absolute atomic E-state index is 5.66. The molecular weight excluding hydrogens is 286 g/mol. The Hall–Kier alpha value is 1.04. The highest BCUT2D eigenvalue weighted by atomic mass is 35.6. The zero-order chi connectivity index (χ0) is 11.9. The fraction of sp³-hybridized carbons (Fsp3) is 1.00. The van der Waals surface area contributed by atoms with Gasteiger partial charge in [0.1, 0.15) is 0 Å². The van der Waals surface area contributed by atoms with Crippen LogP contribution in [0.5, 0.6) is 0 Å². The predicted molar refractivity (Wildman–Crippen MR) is 62.9 cm³/mol. The fourth-order valence-electron chi connectivity index (χ4n) is 0.806. The van der Waals surface area contributed by atoms with E-state index in [2.05, 4.69) is 0 Å². The summed E-state index contributed by atoms with van der Waals surface area (Å²) in [5.74, 6) is 0.137. The van der Waals surface area contributed by atoms with E-state index in [0.717, 1.165) is 0 Å². The van der Waals surface area contributed by atoms with Gasteiger partial charge in [0.05, 0.1) is 5.88 Å². The Bertz CT molecular complexity index is 162. The zero-order valence-electron chi connectivity index (χ0n) is 8.51. The summed E-state index contributed by atoms with van der Waals surface area (Å²) in [4.78, 5) is 0. The first kappa shape index (κ1) is 16.0. The van der Waals surface area contributed by atoms with Crippen LogP contribution >= 0.6 is 46.4 Å². The molecule has 92 valence electrons. The minimum atomic E-state index is -1.67. The van der Waals surface area contributed by atoms with Crippen molar-refractivity contribution in [1.82, 2.24) is 0 Å². The van der Waals surface area contributed by atoms with Crippen LogP contribution in [-0.4, -0.2) is 35.5 Å². The summed E-state index contributed by atoms with van der Waals surface area (Å²) in [6.45, 7) is 4.40. The predicted octanol–water partition coefficient (Wildman–Crippen LogP) is 3.34. The standard InChI is InChI=1S/C8H14Cl4O3/c1-3-13-6(5-9)15-7(14-4-2)8(10,11)12/h6-7H,3-5H2,1-2H3. The van der Waals surface area contributed by atoms with E-state index < -0.39 is 16.4 Å². The van der Waals surface area contributed by atoms with Crippen molar-refractivity contribution in [3.8, 4) is 0 Å². The van der Waals surface area contributed by atoms with Gasteiger partial charge in [-0.25, -0.2) is 0 Å². The third-order valence-electron chi connectivity index (χ3n) is 1.34. The van der Waals surface area contributed by atoms with Gasteiger partial charge in [0.2, 0.25) is 10.1 Å². The summed E-state index contributed by atoms with van der Waals surface area (Å²) in [5.41, 5.74) is 0. The molecule has 0 aromatic heterocycles. The summed E-state index contributed by atoms with van der Waals surface area (Å²) < 4.78 is 13.9. The second kappa shape index (κ2) is 8.18. The Morgan fingerprint density at radius 2 is 1.60 bits per heavy atom. The summed E-state index contributed by atoms with van der Waals surface area (Å²) in [5, 5.41) is 0. The first-order valence-corrected chi connectivity index (χ1v) is 6.13. The molecule has 0 saturated carbocycles. The molecule has 0 spiro atoms. The number of alkyl halides is 4. The van der Waals surface area contributed by atoms with Crippen LogP contribution in [0.1, 0.15) is 13.8 Å². The molecular formula is C8H14Cl4O3. The second-order valence-electron chi connectivity index (χ2n) is 2.50. The Kier molecular flexibility index (Phi) is 8.75. The molecule has 0 heterocycles. The summed E-state index contributed by atoms with van der Waals surface area (Å²) >= 11 is 22.6. The van der Waals surface area contributed by atoms with Crippen LogP contribution in [0.2, 0.25) is 0 Å². The smallest absolute Gasteiger partial charge is 0.241 e. The summed E-state index contributed by atoms with van der Waals surface area (Å²) in [6, 6.07) is 0. The van der Waals surface area contributed by atoms with E-state index in [1.165, 1.54) is 0 Å². The molecule has 15 heavy (non-hydrogen) atoms. The van der Waals surface area contributed by atoms with Gasteiger partial charge >= 0.3 is 0 Å². The second-order valence-corrected chi connectivity index (χ2v) is 5.18. The largest absolute Gasteiger partial charge is 0.352 e. The fourth-order valence-corrected chi connectivity index (χ4v) is 1.31. The minimum Gasteiger partial charge on any atom is -0.352 e. The monoisotopic (exact) mass is 298 g/mol. The van der Waals surface area contributed by atoms with Crippen molar-refractivity contribution >= 4 is 46.4 Å². The molecule has 0 N–H and O–H groups in total. The van der Waals surface area contributed by atoms with Gasteiger partial charge in [-0.1, -0.05) is 34.8 Å². The highest BCUT2D eigenvalue weighted by Crippen LogP contribution is 2.33. The third-order valence-corrected chi connectivity index (χ3v) is 2.13. The van der Waals surface area contributed by atoms with Gasteiger partial charge in [0, 0.05) is 13.2 Å². The molecule has 0 aromatic rings. The molecule has 2 atom stereocenters. The number of halogens is 4. The van der Waals surface area contributed by atoms with Gasteiger partial charge in [-0.3, -0.25) is 0 Å². The first-order valence-electron chi connectivity index (χ1n) is 4.47. The Morgan fingerprint density at radius 1 is 1.07 bits per heavy atom. The van der Waals surface area contributed by atoms with Crippen LogP contribution in [0.15, 0.2) is 0 Å². The summed E-state index contributed by atoms with van der Waals surface area (Å²) in [7, 11) is 0. The third kappa shape index (κ3) is 7.05. The molecule has 0 fully saturated rings. The molecule has 2 unspecified atom stereocenters. The van der Waals surface area contributed by atoms with E-state index >= 15 is 0 Å². The van der Waals surface area contributed by atoms with Crippen molar-refractivity contribution in [2.24, 2.45) is 0 Å². The molecule has 0 saturated heterocycles. The highest BCUT2D eigenvalue weighted by molar-refractivity contribution is 6.67. The van der Waals surface area contributed by atoms with E-state index in [1.807, 2.05) is 6.92 Å². The zero-order valence-corrected chi connectivity index (χ0v) is 11.5. The molecule has 3 nitrogen and oxygen atoms in total. The molecule has 0 bridgehead atoms. The van der Waals surface area contributed by atoms with Crippen molar-refractivity contribution in [2.45, 2.75) is 30.2 Å². The number of ether oxygens (including phenoxy) is 3. The summed E-state index contributed by atoms with van der Waals surface area (Å²) in [6.07, 6.45) is -1.65. The quantitative estimate of drug-likeness (QED) is 0.533. The maximum Gasteiger partial charge on any atom is 0.241 e. The topological polar surface area (TPSA) is 27.7 Å². The Labute approximate surface area is 110 Å². The van der Waals surface area contributed by atoms with Crippen LogP contribution in [0.25, 0.3) is 0 Å². The first-order chi connectivity index (χ1) is 6.95. The molecule has 0 aliphatic rings. The molecule has 0 rings (SSSR count). The van der Waals surface area contributed by atoms with E-state index in [1.54, 1.807) is 6.92 Å². The van der Waals surface area contributed by atoms with Crippen molar-refractivity contribution < 1.29 is 14.2 Å². The van der Waals surface area contributed by atoms with Crippen LogP contribution < -0.4 is 0 Å². The average Bonchev–Trinajstić information content (AvgIpc) is 2.14. The van der Waals surface area contributed by atoms with Gasteiger partial charge in [0.15, 0.2) is 6.29 Å². The van der Waals surface area contributed by atoms with Crippen LogP contribution in [-0.2, 0) is 14.2 Å². The van der Waals surface area contributed by atoms with Gasteiger partial charge in [0.25, 0.3) is 0 Å². The van der Waals surface area contributed by atoms with Crippen LogP contribution in [0.4, 0.5) is 0 Å². The number of rotatable bonds is 7. The van der Waals surface area contributed by atoms with E-state index in [4.69, 9.17) is 60.6 Å². The Balaban J connectivity index is 4.25. The molecule has 7 heteroatoms. The molecule has 0 aliphatic carbocycles. The molecule has 0 aliphatic heterocycles. The van der Waals surface area contributed by atoms with Gasteiger partial charge in [-0.15, -0.1) is 11.6 Å². The van der Waals surface area contributed by atoms with Crippen LogP contribution in [0, 0.1) is 0 Å². The maximum atomic E-state index is 5.66. The molecule has 0 amide bonds. The highest BCUT2D eigenvalue weighted by Gasteiger charge is 2.36.